The fourth-order valence-electron chi connectivity index (χ4n) is 5.46. The fraction of sp³-hybridized carbons (Fsp3) is 0.407. The summed E-state index contributed by atoms with van der Waals surface area (Å²) in [6.07, 6.45) is 9.26. The molecule has 3 aliphatic rings. The Bertz CT molecular complexity index is 1510. The Morgan fingerprint density at radius 2 is 2.00 bits per heavy atom. The number of nitrogens with zero attached hydrogens (tertiary/aromatic N) is 2. The first-order valence-corrected chi connectivity index (χ1v) is 15.7. The topological polar surface area (TPSA) is 85.5 Å². The van der Waals surface area contributed by atoms with Crippen molar-refractivity contribution >= 4 is 43.2 Å². The van der Waals surface area contributed by atoms with Crippen molar-refractivity contribution in [1.82, 2.24) is 14.6 Å². The molecule has 37 heavy (non-hydrogen) atoms. The second-order valence-corrected chi connectivity index (χ2v) is 13.5. The summed E-state index contributed by atoms with van der Waals surface area (Å²) < 4.78 is 56.2. The molecule has 0 spiro atoms. The standard InChI is InChI=1S/C27H31FN4O3S2/c1-36(33)23-5-7-27-20(13-23)17-31(16-18-2-3-18)37(34,35)32(27)11-9-22-12-19(8-10-29-22)25-15-30-26-14-21(28)4-6-24(25)26/h4-8,13-15,18,22,29-30H,2-3,9-12,16-17H2,1H3. The summed E-state index contributed by atoms with van der Waals surface area (Å²) in [5, 5.41) is 4.50. The van der Waals surface area contributed by atoms with Crippen LogP contribution in [-0.2, 0) is 27.6 Å². The number of aromatic amines is 1. The maximum Gasteiger partial charge on any atom is 0.304 e. The van der Waals surface area contributed by atoms with Crippen molar-refractivity contribution < 1.29 is 17.0 Å². The van der Waals surface area contributed by atoms with Crippen molar-refractivity contribution in [2.75, 3.05) is 30.2 Å². The molecular formula is C27H31FN4O3S2. The second-order valence-electron chi connectivity index (χ2n) is 10.3. The van der Waals surface area contributed by atoms with E-state index in [1.54, 1.807) is 27.0 Å². The van der Waals surface area contributed by atoms with Gasteiger partial charge in [0.25, 0.3) is 0 Å². The number of fused-ring (bicyclic) bond motifs is 2. The number of nitrogens with one attached hydrogen (secondary N) is 2. The van der Waals surface area contributed by atoms with Crippen LogP contribution in [0.5, 0.6) is 0 Å². The Balaban J connectivity index is 1.23. The third-order valence-electron chi connectivity index (χ3n) is 7.65. The van der Waals surface area contributed by atoms with Gasteiger partial charge in [0, 0.05) is 76.8 Å². The third kappa shape index (κ3) is 4.87. The molecule has 2 atom stereocenters. The lowest BCUT2D eigenvalue weighted by molar-refractivity contribution is 0.380. The predicted molar refractivity (Wildman–Crippen MR) is 145 cm³/mol. The van der Waals surface area contributed by atoms with E-state index in [0.29, 0.717) is 49.1 Å². The summed E-state index contributed by atoms with van der Waals surface area (Å²) in [5.41, 5.74) is 4.60. The van der Waals surface area contributed by atoms with Crippen LogP contribution in [0.2, 0.25) is 0 Å². The van der Waals surface area contributed by atoms with Crippen LogP contribution in [0.15, 0.2) is 53.6 Å². The summed E-state index contributed by atoms with van der Waals surface area (Å²) in [6, 6.07) is 10.4. The molecule has 6 rings (SSSR count). The molecule has 1 aromatic heterocycles. The summed E-state index contributed by atoms with van der Waals surface area (Å²) in [7, 11) is -4.78. The van der Waals surface area contributed by atoms with Crippen LogP contribution < -0.4 is 9.62 Å². The van der Waals surface area contributed by atoms with Gasteiger partial charge in [-0.15, -0.1) is 0 Å². The normalized spacial score (nSPS) is 22.6. The van der Waals surface area contributed by atoms with Gasteiger partial charge < -0.3 is 10.3 Å². The van der Waals surface area contributed by atoms with Crippen molar-refractivity contribution in [3.63, 3.8) is 0 Å². The lowest BCUT2D eigenvalue weighted by Gasteiger charge is -2.38. The van der Waals surface area contributed by atoms with Gasteiger partial charge in [0.05, 0.1) is 5.69 Å². The van der Waals surface area contributed by atoms with Gasteiger partial charge in [-0.1, -0.05) is 6.08 Å². The van der Waals surface area contributed by atoms with E-state index in [4.69, 9.17) is 0 Å². The molecular weight excluding hydrogens is 511 g/mol. The lowest BCUT2D eigenvalue weighted by Crippen LogP contribution is -2.49. The molecule has 3 heterocycles. The number of anilines is 1. The molecule has 1 aliphatic carbocycles. The van der Waals surface area contributed by atoms with Crippen molar-refractivity contribution in [2.45, 2.75) is 43.2 Å². The smallest absolute Gasteiger partial charge is 0.304 e. The molecule has 1 saturated carbocycles. The summed E-state index contributed by atoms with van der Waals surface area (Å²) in [4.78, 5) is 3.88. The molecule has 2 aliphatic heterocycles. The van der Waals surface area contributed by atoms with Crippen molar-refractivity contribution in [3.8, 4) is 0 Å². The van der Waals surface area contributed by atoms with Crippen LogP contribution in [0.25, 0.3) is 16.5 Å². The van der Waals surface area contributed by atoms with Gasteiger partial charge in [-0.25, -0.2) is 4.39 Å². The molecule has 10 heteroatoms. The Morgan fingerprint density at radius 1 is 1.16 bits per heavy atom. The van der Waals surface area contributed by atoms with E-state index in [-0.39, 0.29) is 11.9 Å². The number of rotatable bonds is 7. The number of H-pyrrole nitrogens is 1. The first-order valence-electron chi connectivity index (χ1n) is 12.7. The van der Waals surface area contributed by atoms with Gasteiger partial charge in [-0.3, -0.25) is 8.51 Å². The van der Waals surface area contributed by atoms with E-state index < -0.39 is 21.0 Å². The van der Waals surface area contributed by atoms with Crippen LogP contribution in [0.4, 0.5) is 10.1 Å². The maximum absolute atomic E-state index is 13.7. The number of benzene rings is 2. The van der Waals surface area contributed by atoms with Crippen LogP contribution in [0.3, 0.4) is 0 Å². The average Bonchev–Trinajstić information content (AvgIpc) is 3.60. The minimum atomic E-state index is -3.65. The zero-order valence-electron chi connectivity index (χ0n) is 20.7. The Hall–Kier alpha value is -2.53. The molecule has 0 radical (unpaired) electrons. The third-order valence-corrected chi connectivity index (χ3v) is 10.4. The van der Waals surface area contributed by atoms with E-state index in [1.807, 2.05) is 18.3 Å². The van der Waals surface area contributed by atoms with Crippen LogP contribution in [0.1, 0.15) is 36.8 Å². The first kappa shape index (κ1) is 24.8. The summed E-state index contributed by atoms with van der Waals surface area (Å²) in [6.45, 7) is 1.91. The molecule has 3 aromatic rings. The minimum Gasteiger partial charge on any atom is -0.360 e. The molecule has 0 bridgehead atoms. The molecule has 196 valence electrons. The van der Waals surface area contributed by atoms with Crippen LogP contribution >= 0.6 is 0 Å². The first-order chi connectivity index (χ1) is 17.8. The second kappa shape index (κ2) is 9.65. The zero-order valence-corrected chi connectivity index (χ0v) is 22.4. The van der Waals surface area contributed by atoms with Gasteiger partial charge in [0.15, 0.2) is 0 Å². The van der Waals surface area contributed by atoms with Gasteiger partial charge in [0.1, 0.15) is 5.82 Å². The largest absolute Gasteiger partial charge is 0.360 e. The number of halogens is 1. The van der Waals surface area contributed by atoms with Crippen LogP contribution in [0, 0.1) is 11.7 Å². The summed E-state index contributed by atoms with van der Waals surface area (Å²) in [5.74, 6) is 0.160. The Morgan fingerprint density at radius 3 is 2.78 bits per heavy atom. The maximum atomic E-state index is 13.7. The average molecular weight is 543 g/mol. The zero-order chi connectivity index (χ0) is 25.7. The predicted octanol–water partition coefficient (Wildman–Crippen LogP) is 4.16. The van der Waals surface area contributed by atoms with Crippen LogP contribution in [-0.4, -0.2) is 53.8 Å². The van der Waals surface area contributed by atoms with Gasteiger partial charge >= 0.3 is 10.2 Å². The highest BCUT2D eigenvalue weighted by Crippen LogP contribution is 2.38. The molecule has 2 unspecified atom stereocenters. The number of aromatic nitrogens is 1. The molecule has 2 aromatic carbocycles. The molecule has 0 saturated heterocycles. The van der Waals surface area contributed by atoms with Gasteiger partial charge in [-0.05, 0) is 79.1 Å². The van der Waals surface area contributed by atoms with Crippen molar-refractivity contribution in [3.05, 3.63) is 65.6 Å². The quantitative estimate of drug-likeness (QED) is 0.470. The fourth-order valence-corrected chi connectivity index (χ4v) is 7.77. The highest BCUT2D eigenvalue weighted by molar-refractivity contribution is 7.90. The van der Waals surface area contributed by atoms with E-state index in [9.17, 15) is 17.0 Å². The minimum absolute atomic E-state index is 0.102. The van der Waals surface area contributed by atoms with Crippen molar-refractivity contribution in [2.24, 2.45) is 5.92 Å². The molecule has 7 nitrogen and oxygen atoms in total. The van der Waals surface area contributed by atoms with Gasteiger partial charge in [0.2, 0.25) is 0 Å². The highest BCUT2D eigenvalue weighted by Gasteiger charge is 2.39. The Kier molecular flexibility index (Phi) is 6.46. The van der Waals surface area contributed by atoms with E-state index >= 15 is 0 Å². The van der Waals surface area contributed by atoms with Crippen molar-refractivity contribution in [1.29, 1.82) is 0 Å². The van der Waals surface area contributed by atoms with E-state index in [0.717, 1.165) is 41.3 Å². The Labute approximate surface area is 219 Å². The number of hydrogen-bond donors (Lipinski definition) is 2. The van der Waals surface area contributed by atoms with Gasteiger partial charge in [-0.2, -0.15) is 12.7 Å². The van der Waals surface area contributed by atoms with E-state index in [1.165, 1.54) is 17.7 Å². The molecule has 2 N–H and O–H groups in total. The summed E-state index contributed by atoms with van der Waals surface area (Å²) >= 11 is 0. The monoisotopic (exact) mass is 542 g/mol. The molecule has 1 fully saturated rings. The number of hydrogen-bond acceptors (Lipinski definition) is 4. The molecule has 0 amide bonds. The SMILES string of the molecule is CS(=O)c1ccc2c(c1)CN(CC1CC1)S(=O)(=O)N2CCC1CC(c2c[nH]c3cc(F)ccc23)=CCN1. The highest BCUT2D eigenvalue weighted by atomic mass is 32.2. The van der Waals surface area contributed by atoms with E-state index in [2.05, 4.69) is 16.4 Å². The lowest BCUT2D eigenvalue weighted by atomic mass is 9.93.